The maximum atomic E-state index is 5.80. The molecule has 0 aliphatic heterocycles. The van der Waals surface area contributed by atoms with Gasteiger partial charge in [0.15, 0.2) is 0 Å². The summed E-state index contributed by atoms with van der Waals surface area (Å²) in [6.45, 7) is 0.631. The van der Waals surface area contributed by atoms with Crippen LogP contribution in [0.5, 0.6) is 17.8 Å². The van der Waals surface area contributed by atoms with E-state index < -0.39 is 0 Å². The van der Waals surface area contributed by atoms with Crippen LogP contribution in [0.3, 0.4) is 0 Å². The van der Waals surface area contributed by atoms with Crippen molar-refractivity contribution in [3.05, 3.63) is 6.07 Å². The fraction of sp³-hybridized carbons (Fsp3) is 0.667. The minimum absolute atomic E-state index is 0.0896. The molecule has 6 nitrogen and oxygen atoms in total. The summed E-state index contributed by atoms with van der Waals surface area (Å²) in [7, 11) is 3.09. The SMILES string of the molecule is COc1cc(OC)nc(OC2CCCC2CN)n1. The maximum Gasteiger partial charge on any atom is 0.323 e. The quantitative estimate of drug-likeness (QED) is 0.843. The molecule has 1 saturated carbocycles. The van der Waals surface area contributed by atoms with Crippen LogP contribution in [0.15, 0.2) is 6.07 Å². The second kappa shape index (κ2) is 5.86. The van der Waals surface area contributed by atoms with Crippen molar-refractivity contribution in [3.8, 4) is 17.8 Å². The molecule has 18 heavy (non-hydrogen) atoms. The molecule has 100 valence electrons. The number of nitrogens with zero attached hydrogens (tertiary/aromatic N) is 2. The number of hydrogen-bond donors (Lipinski definition) is 1. The molecule has 0 bridgehead atoms. The van der Waals surface area contributed by atoms with Crippen molar-refractivity contribution < 1.29 is 14.2 Å². The highest BCUT2D eigenvalue weighted by Crippen LogP contribution is 2.29. The van der Waals surface area contributed by atoms with E-state index in [1.54, 1.807) is 20.3 Å². The van der Waals surface area contributed by atoms with E-state index in [4.69, 9.17) is 19.9 Å². The van der Waals surface area contributed by atoms with Gasteiger partial charge >= 0.3 is 6.01 Å². The van der Waals surface area contributed by atoms with Gasteiger partial charge in [0.25, 0.3) is 0 Å². The van der Waals surface area contributed by atoms with E-state index in [1.165, 1.54) is 0 Å². The number of nitrogens with two attached hydrogens (primary N) is 1. The van der Waals surface area contributed by atoms with Gasteiger partial charge in [0.05, 0.1) is 20.3 Å². The van der Waals surface area contributed by atoms with Gasteiger partial charge in [-0.3, -0.25) is 0 Å². The molecule has 2 unspecified atom stereocenters. The summed E-state index contributed by atoms with van der Waals surface area (Å²) < 4.78 is 16.0. The van der Waals surface area contributed by atoms with Crippen LogP contribution in [-0.2, 0) is 0 Å². The summed E-state index contributed by atoms with van der Waals surface area (Å²) >= 11 is 0. The van der Waals surface area contributed by atoms with Gasteiger partial charge in [-0.05, 0) is 25.8 Å². The molecule has 1 aliphatic rings. The minimum atomic E-state index is 0.0896. The lowest BCUT2D eigenvalue weighted by molar-refractivity contribution is 0.145. The third-order valence-electron chi connectivity index (χ3n) is 3.23. The molecule has 2 atom stereocenters. The van der Waals surface area contributed by atoms with E-state index in [0.29, 0.717) is 24.2 Å². The molecule has 0 amide bonds. The number of rotatable bonds is 5. The van der Waals surface area contributed by atoms with Crippen molar-refractivity contribution in [1.29, 1.82) is 0 Å². The normalized spacial score (nSPS) is 22.8. The molecular weight excluding hydrogens is 234 g/mol. The minimum Gasteiger partial charge on any atom is -0.481 e. The van der Waals surface area contributed by atoms with E-state index >= 15 is 0 Å². The Kier molecular flexibility index (Phi) is 4.19. The molecule has 1 aliphatic carbocycles. The Hall–Kier alpha value is -1.56. The highest BCUT2D eigenvalue weighted by Gasteiger charge is 2.28. The van der Waals surface area contributed by atoms with Gasteiger partial charge in [0, 0.05) is 5.92 Å². The summed E-state index contributed by atoms with van der Waals surface area (Å²) in [6.07, 6.45) is 3.31. The second-order valence-corrected chi connectivity index (χ2v) is 4.32. The number of ether oxygens (including phenoxy) is 3. The van der Waals surface area contributed by atoms with Crippen molar-refractivity contribution in [2.75, 3.05) is 20.8 Å². The Labute approximate surface area is 106 Å². The van der Waals surface area contributed by atoms with Gasteiger partial charge in [0.2, 0.25) is 11.8 Å². The maximum absolute atomic E-state index is 5.80. The van der Waals surface area contributed by atoms with Gasteiger partial charge in [-0.1, -0.05) is 0 Å². The Balaban J connectivity index is 2.12. The van der Waals surface area contributed by atoms with Gasteiger partial charge < -0.3 is 19.9 Å². The van der Waals surface area contributed by atoms with E-state index in [9.17, 15) is 0 Å². The van der Waals surface area contributed by atoms with Crippen LogP contribution in [0.4, 0.5) is 0 Å². The van der Waals surface area contributed by atoms with Crippen molar-refractivity contribution in [2.24, 2.45) is 11.7 Å². The van der Waals surface area contributed by atoms with E-state index in [-0.39, 0.29) is 12.1 Å². The van der Waals surface area contributed by atoms with Crippen LogP contribution in [-0.4, -0.2) is 36.8 Å². The Morgan fingerprint density at radius 3 is 2.44 bits per heavy atom. The first-order valence-electron chi connectivity index (χ1n) is 6.10. The first kappa shape index (κ1) is 12.9. The third kappa shape index (κ3) is 2.81. The molecule has 0 spiro atoms. The van der Waals surface area contributed by atoms with Gasteiger partial charge in [-0.15, -0.1) is 0 Å². The van der Waals surface area contributed by atoms with Crippen LogP contribution < -0.4 is 19.9 Å². The van der Waals surface area contributed by atoms with Gasteiger partial charge in [-0.2, -0.15) is 9.97 Å². The fourth-order valence-corrected chi connectivity index (χ4v) is 2.21. The molecule has 1 heterocycles. The molecular formula is C12H19N3O3. The first-order chi connectivity index (χ1) is 8.76. The Bertz CT molecular complexity index is 378. The molecule has 0 saturated heterocycles. The largest absolute Gasteiger partial charge is 0.481 e. The molecule has 1 fully saturated rings. The summed E-state index contributed by atoms with van der Waals surface area (Å²) in [5.74, 6) is 1.24. The first-order valence-corrected chi connectivity index (χ1v) is 6.10. The zero-order chi connectivity index (χ0) is 13.0. The number of methoxy groups -OCH3 is 2. The van der Waals surface area contributed by atoms with Crippen LogP contribution >= 0.6 is 0 Å². The zero-order valence-electron chi connectivity index (χ0n) is 10.8. The van der Waals surface area contributed by atoms with Crippen LogP contribution in [0.2, 0.25) is 0 Å². The van der Waals surface area contributed by atoms with Crippen LogP contribution in [0.1, 0.15) is 19.3 Å². The highest BCUT2D eigenvalue weighted by atomic mass is 16.5. The van der Waals surface area contributed by atoms with Crippen molar-refractivity contribution in [2.45, 2.75) is 25.4 Å². The molecule has 0 radical (unpaired) electrons. The van der Waals surface area contributed by atoms with Crippen LogP contribution in [0.25, 0.3) is 0 Å². The lowest BCUT2D eigenvalue weighted by Crippen LogP contribution is -2.28. The predicted octanol–water partition coefficient (Wildman–Crippen LogP) is 1.000. The monoisotopic (exact) mass is 253 g/mol. The number of hydrogen-bond acceptors (Lipinski definition) is 6. The molecule has 0 aromatic carbocycles. The topological polar surface area (TPSA) is 79.5 Å². The summed E-state index contributed by atoms with van der Waals surface area (Å²) in [5, 5.41) is 0. The fourth-order valence-electron chi connectivity index (χ4n) is 2.21. The average Bonchev–Trinajstić information content (AvgIpc) is 2.85. The van der Waals surface area contributed by atoms with E-state index in [0.717, 1.165) is 19.3 Å². The van der Waals surface area contributed by atoms with Crippen molar-refractivity contribution in [3.63, 3.8) is 0 Å². The smallest absolute Gasteiger partial charge is 0.323 e. The zero-order valence-corrected chi connectivity index (χ0v) is 10.8. The van der Waals surface area contributed by atoms with E-state index in [2.05, 4.69) is 9.97 Å². The average molecular weight is 253 g/mol. The standard InChI is InChI=1S/C12H19N3O3/c1-16-10-6-11(17-2)15-12(14-10)18-9-5-3-4-8(9)7-13/h6,8-9H,3-5,7,13H2,1-2H3. The molecule has 1 aromatic rings. The third-order valence-corrected chi connectivity index (χ3v) is 3.23. The predicted molar refractivity (Wildman–Crippen MR) is 65.9 cm³/mol. The molecule has 1 aromatic heterocycles. The molecule has 2 N–H and O–H groups in total. The second-order valence-electron chi connectivity index (χ2n) is 4.32. The summed E-state index contributed by atoms with van der Waals surface area (Å²) in [5.41, 5.74) is 5.72. The number of aromatic nitrogens is 2. The summed E-state index contributed by atoms with van der Waals surface area (Å²) in [6, 6.07) is 1.90. The lowest BCUT2D eigenvalue weighted by Gasteiger charge is -2.18. The Morgan fingerprint density at radius 1 is 1.22 bits per heavy atom. The van der Waals surface area contributed by atoms with Crippen molar-refractivity contribution in [1.82, 2.24) is 9.97 Å². The van der Waals surface area contributed by atoms with Crippen LogP contribution in [0, 0.1) is 5.92 Å². The van der Waals surface area contributed by atoms with Gasteiger partial charge in [-0.25, -0.2) is 0 Å². The lowest BCUT2D eigenvalue weighted by atomic mass is 10.1. The highest BCUT2D eigenvalue weighted by molar-refractivity contribution is 5.22. The summed E-state index contributed by atoms with van der Waals surface area (Å²) in [4.78, 5) is 8.31. The van der Waals surface area contributed by atoms with E-state index in [1.807, 2.05) is 0 Å². The Morgan fingerprint density at radius 2 is 1.89 bits per heavy atom. The molecule has 2 rings (SSSR count). The van der Waals surface area contributed by atoms with Gasteiger partial charge in [0.1, 0.15) is 6.10 Å². The molecule has 6 heteroatoms. The van der Waals surface area contributed by atoms with Crippen molar-refractivity contribution >= 4 is 0 Å².